The summed E-state index contributed by atoms with van der Waals surface area (Å²) < 4.78 is 2.17. The molecule has 4 heteroatoms. The Hall–Kier alpha value is -2.07. The maximum absolute atomic E-state index is 12.8. The van der Waals surface area contributed by atoms with Gasteiger partial charge in [-0.15, -0.1) is 0 Å². The Morgan fingerprint density at radius 3 is 2.58 bits per heavy atom. The van der Waals surface area contributed by atoms with Gasteiger partial charge in [0.15, 0.2) is 0 Å². The fourth-order valence-electron chi connectivity index (χ4n) is 3.23. The van der Waals surface area contributed by atoms with Crippen molar-refractivity contribution >= 4 is 5.91 Å². The van der Waals surface area contributed by atoms with Crippen LogP contribution in [0.25, 0.3) is 0 Å². The number of nitrogens with zero attached hydrogens (tertiary/aromatic N) is 2. The molecule has 1 heterocycles. The van der Waals surface area contributed by atoms with E-state index in [9.17, 15) is 9.90 Å². The predicted molar refractivity (Wildman–Crippen MR) is 95.1 cm³/mol. The van der Waals surface area contributed by atoms with Crippen LogP contribution in [-0.4, -0.2) is 40.2 Å². The molecule has 128 valence electrons. The number of rotatable bonds is 6. The molecule has 1 aliphatic carbocycles. The average molecular weight is 326 g/mol. The number of carbonyl (C=O) groups is 1. The first kappa shape index (κ1) is 16.8. The van der Waals surface area contributed by atoms with Crippen LogP contribution < -0.4 is 0 Å². The van der Waals surface area contributed by atoms with Crippen LogP contribution in [0.15, 0.2) is 36.4 Å². The van der Waals surface area contributed by atoms with Gasteiger partial charge in [0.1, 0.15) is 0 Å². The number of hydrogen-bond acceptors (Lipinski definition) is 2. The predicted octanol–water partition coefficient (Wildman–Crippen LogP) is 3.00. The second kappa shape index (κ2) is 6.81. The third-order valence-electron chi connectivity index (χ3n) is 4.96. The first-order valence-corrected chi connectivity index (χ1v) is 8.61. The fraction of sp³-hybridized carbons (Fsp3) is 0.450. The summed E-state index contributed by atoms with van der Waals surface area (Å²) in [5.74, 6) is 0.368. The number of amides is 1. The maximum Gasteiger partial charge on any atom is 0.255 e. The van der Waals surface area contributed by atoms with Gasteiger partial charge in [-0.1, -0.05) is 30.3 Å². The number of aliphatic hydroxyl groups excluding tert-OH is 1. The molecule has 1 N–H and O–H groups in total. The highest BCUT2D eigenvalue weighted by molar-refractivity contribution is 5.95. The Bertz CT molecular complexity index is 717. The van der Waals surface area contributed by atoms with Crippen molar-refractivity contribution in [3.8, 4) is 0 Å². The minimum absolute atomic E-state index is 0.0119. The highest BCUT2D eigenvalue weighted by atomic mass is 16.3. The summed E-state index contributed by atoms with van der Waals surface area (Å²) in [6.07, 6.45) is 1.76. The molecule has 1 aliphatic rings. The summed E-state index contributed by atoms with van der Waals surface area (Å²) in [4.78, 5) is 14.4. The highest BCUT2D eigenvalue weighted by Crippen LogP contribution is 2.33. The lowest BCUT2D eigenvalue weighted by atomic mass is 10.2. The van der Waals surface area contributed by atoms with Gasteiger partial charge >= 0.3 is 0 Å². The van der Waals surface area contributed by atoms with Crippen LogP contribution in [0.4, 0.5) is 0 Å². The number of benzene rings is 1. The molecule has 1 amide bonds. The van der Waals surface area contributed by atoms with Gasteiger partial charge in [-0.3, -0.25) is 4.79 Å². The van der Waals surface area contributed by atoms with Crippen molar-refractivity contribution in [2.24, 2.45) is 5.92 Å². The van der Waals surface area contributed by atoms with E-state index in [1.54, 1.807) is 11.9 Å². The molecule has 2 aromatic rings. The van der Waals surface area contributed by atoms with Crippen molar-refractivity contribution in [3.05, 3.63) is 58.9 Å². The van der Waals surface area contributed by atoms with E-state index >= 15 is 0 Å². The van der Waals surface area contributed by atoms with Gasteiger partial charge in [0.2, 0.25) is 0 Å². The van der Waals surface area contributed by atoms with E-state index in [0.29, 0.717) is 12.5 Å². The minimum Gasteiger partial charge on any atom is -0.391 e. The van der Waals surface area contributed by atoms with Gasteiger partial charge in [-0.05, 0) is 44.2 Å². The van der Waals surface area contributed by atoms with Crippen LogP contribution in [0.3, 0.4) is 0 Å². The summed E-state index contributed by atoms with van der Waals surface area (Å²) in [5.41, 5.74) is 4.01. The second-order valence-electron chi connectivity index (χ2n) is 6.95. The Labute approximate surface area is 143 Å². The van der Waals surface area contributed by atoms with Crippen LogP contribution in [0.2, 0.25) is 0 Å². The van der Waals surface area contributed by atoms with E-state index in [0.717, 1.165) is 36.3 Å². The molecule has 3 rings (SSSR count). The van der Waals surface area contributed by atoms with Crippen LogP contribution in [-0.2, 0) is 6.54 Å². The molecule has 0 bridgehead atoms. The zero-order valence-electron chi connectivity index (χ0n) is 14.7. The molecule has 1 aromatic heterocycles. The van der Waals surface area contributed by atoms with Gasteiger partial charge in [0, 0.05) is 31.5 Å². The molecule has 0 radical (unpaired) electrons. The summed E-state index contributed by atoms with van der Waals surface area (Å²) >= 11 is 0. The minimum atomic E-state index is -0.397. The zero-order valence-corrected chi connectivity index (χ0v) is 14.7. The van der Waals surface area contributed by atoms with E-state index in [4.69, 9.17) is 0 Å². The van der Waals surface area contributed by atoms with Gasteiger partial charge in [0.25, 0.3) is 5.91 Å². The van der Waals surface area contributed by atoms with Crippen LogP contribution >= 0.6 is 0 Å². The quantitative estimate of drug-likeness (QED) is 0.887. The van der Waals surface area contributed by atoms with E-state index in [-0.39, 0.29) is 5.91 Å². The Balaban J connectivity index is 1.76. The third kappa shape index (κ3) is 3.54. The zero-order chi connectivity index (χ0) is 17.3. The van der Waals surface area contributed by atoms with Crippen LogP contribution in [0.5, 0.6) is 0 Å². The normalized spacial score (nSPS) is 15.3. The molecule has 1 aromatic carbocycles. The highest BCUT2D eigenvalue weighted by Gasteiger charge is 2.31. The van der Waals surface area contributed by atoms with Gasteiger partial charge in [-0.25, -0.2) is 0 Å². The standard InChI is InChI=1S/C20H26N2O2/c1-14-11-18(20(24)21(3)13-19(23)17-9-10-17)15(2)22(14)12-16-7-5-4-6-8-16/h4-8,11,17,19,23H,9-10,12-13H2,1-3H3. The van der Waals surface area contributed by atoms with Gasteiger partial charge in [0.05, 0.1) is 11.7 Å². The molecular weight excluding hydrogens is 300 g/mol. The Morgan fingerprint density at radius 1 is 1.29 bits per heavy atom. The lowest BCUT2D eigenvalue weighted by Gasteiger charge is -2.21. The topological polar surface area (TPSA) is 45.5 Å². The lowest BCUT2D eigenvalue weighted by molar-refractivity contribution is 0.0644. The SMILES string of the molecule is Cc1cc(C(=O)N(C)CC(O)C2CC2)c(C)n1Cc1ccccc1. The summed E-state index contributed by atoms with van der Waals surface area (Å²) in [7, 11) is 1.78. The number of carbonyl (C=O) groups excluding carboxylic acids is 1. The number of aryl methyl sites for hydroxylation is 1. The molecule has 4 nitrogen and oxygen atoms in total. The van der Waals surface area contributed by atoms with Crippen molar-refractivity contribution in [1.82, 2.24) is 9.47 Å². The number of hydrogen-bond donors (Lipinski definition) is 1. The third-order valence-corrected chi connectivity index (χ3v) is 4.96. The molecule has 1 saturated carbocycles. The summed E-state index contributed by atoms with van der Waals surface area (Å²) in [6.45, 7) is 5.20. The molecule has 1 fully saturated rings. The largest absolute Gasteiger partial charge is 0.391 e. The molecule has 0 spiro atoms. The van der Waals surface area contributed by atoms with E-state index in [1.807, 2.05) is 38.1 Å². The van der Waals surface area contributed by atoms with Crippen molar-refractivity contribution < 1.29 is 9.90 Å². The first-order valence-electron chi connectivity index (χ1n) is 8.61. The smallest absolute Gasteiger partial charge is 0.255 e. The molecule has 24 heavy (non-hydrogen) atoms. The molecular formula is C20H26N2O2. The second-order valence-corrected chi connectivity index (χ2v) is 6.95. The fourth-order valence-corrected chi connectivity index (χ4v) is 3.23. The lowest BCUT2D eigenvalue weighted by Crippen LogP contribution is -2.35. The molecule has 0 saturated heterocycles. The average Bonchev–Trinajstić information content (AvgIpc) is 3.38. The monoisotopic (exact) mass is 326 g/mol. The van der Waals surface area contributed by atoms with Gasteiger partial charge in [-0.2, -0.15) is 0 Å². The number of aromatic nitrogens is 1. The van der Waals surface area contributed by atoms with E-state index in [2.05, 4.69) is 16.7 Å². The van der Waals surface area contributed by atoms with E-state index < -0.39 is 6.10 Å². The number of likely N-dealkylation sites (N-methyl/N-ethyl adjacent to an activating group) is 1. The van der Waals surface area contributed by atoms with Crippen molar-refractivity contribution in [3.63, 3.8) is 0 Å². The molecule has 0 aliphatic heterocycles. The maximum atomic E-state index is 12.8. The Morgan fingerprint density at radius 2 is 1.96 bits per heavy atom. The van der Waals surface area contributed by atoms with Crippen LogP contribution in [0.1, 0.15) is 40.2 Å². The van der Waals surface area contributed by atoms with Crippen molar-refractivity contribution in [2.75, 3.05) is 13.6 Å². The first-order chi connectivity index (χ1) is 11.5. The summed E-state index contributed by atoms with van der Waals surface area (Å²) in [5, 5.41) is 10.1. The van der Waals surface area contributed by atoms with Crippen LogP contribution in [0, 0.1) is 19.8 Å². The van der Waals surface area contributed by atoms with Crippen molar-refractivity contribution in [2.45, 2.75) is 39.3 Å². The Kier molecular flexibility index (Phi) is 4.76. The molecule has 1 unspecified atom stereocenters. The van der Waals surface area contributed by atoms with Crippen molar-refractivity contribution in [1.29, 1.82) is 0 Å². The van der Waals surface area contributed by atoms with Gasteiger partial charge < -0.3 is 14.6 Å². The van der Waals surface area contributed by atoms with E-state index in [1.165, 1.54) is 5.56 Å². The number of aliphatic hydroxyl groups is 1. The summed E-state index contributed by atoms with van der Waals surface area (Å²) in [6, 6.07) is 12.2. The molecule has 1 atom stereocenters.